The first-order chi connectivity index (χ1) is 10.5. The van der Waals surface area contributed by atoms with E-state index in [1.165, 1.54) is 0 Å². The molecular formula is C18H20N2O2. The Kier molecular flexibility index (Phi) is 3.61. The first-order valence-corrected chi connectivity index (χ1v) is 7.55. The molecule has 0 aromatic heterocycles. The lowest BCUT2D eigenvalue weighted by Crippen LogP contribution is -2.63. The maximum Gasteiger partial charge on any atom is 0.245 e. The van der Waals surface area contributed by atoms with Crippen LogP contribution in [0.1, 0.15) is 19.4 Å². The molecule has 1 N–H and O–H groups in total. The van der Waals surface area contributed by atoms with Crippen molar-refractivity contribution in [2.45, 2.75) is 25.8 Å². The summed E-state index contributed by atoms with van der Waals surface area (Å²) in [5.41, 5.74) is 0.192. The molecule has 0 saturated carbocycles. The van der Waals surface area contributed by atoms with E-state index in [4.69, 9.17) is 0 Å². The van der Waals surface area contributed by atoms with Crippen molar-refractivity contribution in [3.05, 3.63) is 48.0 Å². The number of nitrogens with one attached hydrogen (secondary N) is 1. The normalized spacial score (nSPS) is 17.4. The number of carbonyl (C=O) groups is 2. The standard InChI is InChI=1S/C18H20N2O2/c1-18(2)17(22)19-9-10-20(18)16(21)12-13-7-8-14-5-3-4-6-15(14)11-13/h3-8,11H,9-10,12H2,1-2H3,(H,19,22). The molecule has 114 valence electrons. The van der Waals surface area contributed by atoms with Gasteiger partial charge in [-0.1, -0.05) is 42.5 Å². The summed E-state index contributed by atoms with van der Waals surface area (Å²) in [6, 6.07) is 14.2. The van der Waals surface area contributed by atoms with E-state index in [1.54, 1.807) is 18.7 Å². The Morgan fingerprint density at radius 2 is 1.91 bits per heavy atom. The largest absolute Gasteiger partial charge is 0.352 e. The van der Waals surface area contributed by atoms with Gasteiger partial charge in [0.15, 0.2) is 0 Å². The first kappa shape index (κ1) is 14.6. The predicted molar refractivity (Wildman–Crippen MR) is 86.5 cm³/mol. The molecule has 2 amide bonds. The third-order valence-electron chi connectivity index (χ3n) is 4.32. The number of fused-ring (bicyclic) bond motifs is 1. The number of hydrogen-bond donors (Lipinski definition) is 1. The fourth-order valence-electron chi connectivity index (χ4n) is 2.95. The van der Waals surface area contributed by atoms with Crippen LogP contribution in [0.4, 0.5) is 0 Å². The van der Waals surface area contributed by atoms with Crippen LogP contribution in [-0.2, 0) is 16.0 Å². The number of piperazine rings is 1. The zero-order chi connectivity index (χ0) is 15.7. The molecule has 0 aliphatic carbocycles. The quantitative estimate of drug-likeness (QED) is 0.923. The third kappa shape index (κ3) is 2.56. The molecule has 0 atom stereocenters. The number of amides is 2. The molecule has 3 rings (SSSR count). The van der Waals surface area contributed by atoms with E-state index in [-0.39, 0.29) is 11.8 Å². The summed E-state index contributed by atoms with van der Waals surface area (Å²) >= 11 is 0. The van der Waals surface area contributed by atoms with E-state index in [9.17, 15) is 9.59 Å². The Morgan fingerprint density at radius 3 is 2.68 bits per heavy atom. The average Bonchev–Trinajstić information content (AvgIpc) is 2.49. The van der Waals surface area contributed by atoms with Gasteiger partial charge in [0.05, 0.1) is 6.42 Å². The smallest absolute Gasteiger partial charge is 0.245 e. The van der Waals surface area contributed by atoms with Crippen molar-refractivity contribution in [1.82, 2.24) is 10.2 Å². The Morgan fingerprint density at radius 1 is 1.18 bits per heavy atom. The van der Waals surface area contributed by atoms with Crippen molar-refractivity contribution < 1.29 is 9.59 Å². The van der Waals surface area contributed by atoms with E-state index in [0.29, 0.717) is 19.5 Å². The van der Waals surface area contributed by atoms with Gasteiger partial charge in [0.1, 0.15) is 5.54 Å². The lowest BCUT2D eigenvalue weighted by molar-refractivity contribution is -0.148. The predicted octanol–water partition coefficient (Wildman–Crippen LogP) is 2.12. The molecule has 1 fully saturated rings. The van der Waals surface area contributed by atoms with Gasteiger partial charge in [-0.2, -0.15) is 0 Å². The summed E-state index contributed by atoms with van der Waals surface area (Å²) in [5.74, 6) is -0.0965. The van der Waals surface area contributed by atoms with Crippen LogP contribution in [0.2, 0.25) is 0 Å². The highest BCUT2D eigenvalue weighted by Crippen LogP contribution is 2.21. The lowest BCUT2D eigenvalue weighted by atomic mass is 9.97. The number of carbonyl (C=O) groups excluding carboxylic acids is 2. The summed E-state index contributed by atoms with van der Waals surface area (Å²) < 4.78 is 0. The molecule has 4 heteroatoms. The van der Waals surface area contributed by atoms with Crippen molar-refractivity contribution in [2.75, 3.05) is 13.1 Å². The second-order valence-electron chi connectivity index (χ2n) is 6.22. The van der Waals surface area contributed by atoms with E-state index in [1.807, 2.05) is 36.4 Å². The van der Waals surface area contributed by atoms with Crippen LogP contribution in [0, 0.1) is 0 Å². The average molecular weight is 296 g/mol. The SMILES string of the molecule is CC1(C)C(=O)NCCN1C(=O)Cc1ccc2ccccc2c1. The van der Waals surface area contributed by atoms with E-state index >= 15 is 0 Å². The molecule has 2 aromatic carbocycles. The second kappa shape index (κ2) is 5.44. The van der Waals surface area contributed by atoms with Gasteiger partial charge in [-0.05, 0) is 30.2 Å². The van der Waals surface area contributed by atoms with Crippen molar-refractivity contribution in [2.24, 2.45) is 0 Å². The molecule has 22 heavy (non-hydrogen) atoms. The first-order valence-electron chi connectivity index (χ1n) is 7.55. The highest BCUT2D eigenvalue weighted by molar-refractivity contribution is 5.93. The molecule has 0 radical (unpaired) electrons. The zero-order valence-electron chi connectivity index (χ0n) is 12.9. The maximum absolute atomic E-state index is 12.6. The summed E-state index contributed by atoms with van der Waals surface area (Å²) in [6.45, 7) is 4.66. The van der Waals surface area contributed by atoms with Crippen molar-refractivity contribution in [1.29, 1.82) is 0 Å². The Balaban J connectivity index is 1.82. The fraction of sp³-hybridized carbons (Fsp3) is 0.333. The molecule has 0 spiro atoms. The second-order valence-corrected chi connectivity index (χ2v) is 6.22. The van der Waals surface area contributed by atoms with Crippen LogP contribution in [0.3, 0.4) is 0 Å². The Labute approximate surface area is 130 Å². The third-order valence-corrected chi connectivity index (χ3v) is 4.32. The lowest BCUT2D eigenvalue weighted by Gasteiger charge is -2.41. The minimum atomic E-state index is -0.786. The number of nitrogens with zero attached hydrogens (tertiary/aromatic N) is 1. The van der Waals surface area contributed by atoms with Crippen molar-refractivity contribution >= 4 is 22.6 Å². The molecule has 2 aromatic rings. The minimum Gasteiger partial charge on any atom is -0.352 e. The highest BCUT2D eigenvalue weighted by Gasteiger charge is 2.40. The fourth-order valence-corrected chi connectivity index (χ4v) is 2.95. The van der Waals surface area contributed by atoms with Crippen LogP contribution >= 0.6 is 0 Å². The molecule has 4 nitrogen and oxygen atoms in total. The topological polar surface area (TPSA) is 49.4 Å². The van der Waals surface area contributed by atoms with Crippen LogP contribution in [-0.4, -0.2) is 35.3 Å². The molecule has 0 unspecified atom stereocenters. The van der Waals surface area contributed by atoms with E-state index in [0.717, 1.165) is 16.3 Å². The molecular weight excluding hydrogens is 276 g/mol. The maximum atomic E-state index is 12.6. The van der Waals surface area contributed by atoms with Crippen LogP contribution in [0.5, 0.6) is 0 Å². The summed E-state index contributed by atoms with van der Waals surface area (Å²) in [4.78, 5) is 26.2. The van der Waals surface area contributed by atoms with E-state index < -0.39 is 5.54 Å². The molecule has 1 heterocycles. The highest BCUT2D eigenvalue weighted by atomic mass is 16.2. The van der Waals surface area contributed by atoms with Gasteiger partial charge in [-0.15, -0.1) is 0 Å². The summed E-state index contributed by atoms with van der Waals surface area (Å²) in [5, 5.41) is 5.10. The molecule has 1 aliphatic rings. The molecule has 1 aliphatic heterocycles. The van der Waals surface area contributed by atoms with Gasteiger partial charge in [-0.25, -0.2) is 0 Å². The van der Waals surface area contributed by atoms with Crippen LogP contribution in [0.25, 0.3) is 10.8 Å². The number of rotatable bonds is 2. The number of hydrogen-bond acceptors (Lipinski definition) is 2. The monoisotopic (exact) mass is 296 g/mol. The Hall–Kier alpha value is -2.36. The van der Waals surface area contributed by atoms with Gasteiger partial charge in [-0.3, -0.25) is 9.59 Å². The van der Waals surface area contributed by atoms with Gasteiger partial charge in [0, 0.05) is 13.1 Å². The van der Waals surface area contributed by atoms with E-state index in [2.05, 4.69) is 11.4 Å². The zero-order valence-corrected chi connectivity index (χ0v) is 12.9. The minimum absolute atomic E-state index is 0.00451. The van der Waals surface area contributed by atoms with Crippen LogP contribution in [0.15, 0.2) is 42.5 Å². The van der Waals surface area contributed by atoms with Gasteiger partial charge in [0.2, 0.25) is 11.8 Å². The Bertz CT molecular complexity index is 737. The molecule has 1 saturated heterocycles. The van der Waals surface area contributed by atoms with Gasteiger partial charge >= 0.3 is 0 Å². The summed E-state index contributed by atoms with van der Waals surface area (Å²) in [7, 11) is 0. The summed E-state index contributed by atoms with van der Waals surface area (Å²) in [6.07, 6.45) is 0.321. The van der Waals surface area contributed by atoms with Gasteiger partial charge in [0.25, 0.3) is 0 Å². The molecule has 0 bridgehead atoms. The van der Waals surface area contributed by atoms with Crippen molar-refractivity contribution in [3.8, 4) is 0 Å². The van der Waals surface area contributed by atoms with Crippen LogP contribution < -0.4 is 5.32 Å². The van der Waals surface area contributed by atoms with Gasteiger partial charge < -0.3 is 10.2 Å². The number of benzene rings is 2. The van der Waals surface area contributed by atoms with Crippen molar-refractivity contribution in [3.63, 3.8) is 0 Å².